The van der Waals surface area contributed by atoms with Crippen LogP contribution in [0.15, 0.2) is 18.2 Å². The zero-order valence-corrected chi connectivity index (χ0v) is 13.6. The van der Waals surface area contributed by atoms with E-state index in [1.807, 2.05) is 11.0 Å². The Morgan fingerprint density at radius 2 is 2.00 bits per heavy atom. The van der Waals surface area contributed by atoms with Crippen molar-refractivity contribution in [3.8, 4) is 11.5 Å². The van der Waals surface area contributed by atoms with Crippen molar-refractivity contribution in [3.05, 3.63) is 23.8 Å². The van der Waals surface area contributed by atoms with Crippen LogP contribution in [0.4, 0.5) is 0 Å². The Bertz CT molecular complexity index is 575. The number of likely N-dealkylation sites (tertiary alicyclic amines) is 2. The Balaban J connectivity index is 1.84. The monoisotopic (exact) mass is 304 g/mol. The first-order chi connectivity index (χ1) is 10.6. The van der Waals surface area contributed by atoms with Crippen molar-refractivity contribution in [1.82, 2.24) is 9.80 Å². The first-order valence-corrected chi connectivity index (χ1v) is 7.82. The molecule has 5 heteroatoms. The van der Waals surface area contributed by atoms with Crippen molar-refractivity contribution in [3.63, 3.8) is 0 Å². The molecule has 0 radical (unpaired) electrons. The summed E-state index contributed by atoms with van der Waals surface area (Å²) in [6.45, 7) is 2.75. The second-order valence-electron chi connectivity index (χ2n) is 6.29. The molecule has 0 bridgehead atoms. The minimum atomic E-state index is 0.0372. The van der Waals surface area contributed by atoms with Gasteiger partial charge in [0.1, 0.15) is 11.5 Å². The summed E-state index contributed by atoms with van der Waals surface area (Å²) in [7, 11) is 5.36. The number of nitrogens with zero attached hydrogens (tertiary/aromatic N) is 2. The molecule has 2 aliphatic heterocycles. The summed E-state index contributed by atoms with van der Waals surface area (Å²) in [5.41, 5.74) is 0.779. The van der Waals surface area contributed by atoms with Crippen molar-refractivity contribution in [2.45, 2.75) is 24.8 Å². The van der Waals surface area contributed by atoms with Gasteiger partial charge in [0, 0.05) is 25.2 Å². The molecule has 0 unspecified atom stereocenters. The van der Waals surface area contributed by atoms with E-state index in [-0.39, 0.29) is 11.4 Å². The smallest absolute Gasteiger partial charge is 0.257 e. The third kappa shape index (κ3) is 2.43. The summed E-state index contributed by atoms with van der Waals surface area (Å²) in [4.78, 5) is 17.3. The number of hydrogen-bond acceptors (Lipinski definition) is 4. The van der Waals surface area contributed by atoms with Crippen molar-refractivity contribution >= 4 is 5.91 Å². The normalized spacial score (nSPS) is 25.0. The highest BCUT2D eigenvalue weighted by Gasteiger charge is 2.46. The lowest BCUT2D eigenvalue weighted by atomic mass is 9.78. The molecule has 0 aromatic heterocycles. The number of rotatable bonds is 3. The van der Waals surface area contributed by atoms with Gasteiger partial charge in [-0.2, -0.15) is 0 Å². The maximum absolute atomic E-state index is 13.0. The summed E-state index contributed by atoms with van der Waals surface area (Å²) in [5, 5.41) is 0. The fourth-order valence-electron chi connectivity index (χ4n) is 3.60. The second kappa shape index (κ2) is 5.80. The maximum Gasteiger partial charge on any atom is 0.257 e. The molecule has 0 aliphatic carbocycles. The number of amides is 1. The predicted octanol–water partition coefficient (Wildman–Crippen LogP) is 2.01. The third-order valence-corrected chi connectivity index (χ3v) is 5.20. The number of piperidine rings is 1. The van der Waals surface area contributed by atoms with Gasteiger partial charge < -0.3 is 14.4 Å². The van der Waals surface area contributed by atoms with Crippen LogP contribution in [0.25, 0.3) is 0 Å². The summed E-state index contributed by atoms with van der Waals surface area (Å²) in [6, 6.07) is 5.38. The molecule has 2 aliphatic rings. The lowest BCUT2D eigenvalue weighted by Crippen LogP contribution is -2.66. The van der Waals surface area contributed by atoms with E-state index in [1.54, 1.807) is 26.4 Å². The topological polar surface area (TPSA) is 42.0 Å². The fourth-order valence-corrected chi connectivity index (χ4v) is 3.60. The van der Waals surface area contributed by atoms with Crippen LogP contribution < -0.4 is 9.47 Å². The van der Waals surface area contributed by atoms with Gasteiger partial charge in [0.05, 0.1) is 19.8 Å². The molecule has 2 saturated heterocycles. The Labute approximate surface area is 131 Å². The highest BCUT2D eigenvalue weighted by Crippen LogP contribution is 2.38. The minimum Gasteiger partial charge on any atom is -0.497 e. The van der Waals surface area contributed by atoms with Gasteiger partial charge in [-0.3, -0.25) is 9.69 Å². The number of carbonyl (C=O) groups is 1. The predicted molar refractivity (Wildman–Crippen MR) is 84.7 cm³/mol. The van der Waals surface area contributed by atoms with Gasteiger partial charge in [-0.1, -0.05) is 0 Å². The number of hydrogen-bond donors (Lipinski definition) is 0. The van der Waals surface area contributed by atoms with Crippen LogP contribution in [0, 0.1) is 0 Å². The van der Waals surface area contributed by atoms with E-state index in [0.717, 1.165) is 26.1 Å². The zero-order valence-electron chi connectivity index (χ0n) is 13.6. The summed E-state index contributed by atoms with van der Waals surface area (Å²) in [5.74, 6) is 1.32. The molecular formula is C17H24N2O3. The largest absolute Gasteiger partial charge is 0.497 e. The molecule has 3 rings (SSSR count). The maximum atomic E-state index is 13.0. The van der Waals surface area contributed by atoms with Crippen molar-refractivity contribution in [1.29, 1.82) is 0 Å². The van der Waals surface area contributed by atoms with Gasteiger partial charge in [0.15, 0.2) is 0 Å². The van der Waals surface area contributed by atoms with E-state index in [4.69, 9.17) is 9.47 Å². The van der Waals surface area contributed by atoms with E-state index >= 15 is 0 Å². The molecule has 1 spiro atoms. The molecule has 2 fully saturated rings. The number of benzene rings is 1. The molecule has 22 heavy (non-hydrogen) atoms. The van der Waals surface area contributed by atoms with Crippen LogP contribution in [0.3, 0.4) is 0 Å². The van der Waals surface area contributed by atoms with Crippen LogP contribution >= 0.6 is 0 Å². The fraction of sp³-hybridized carbons (Fsp3) is 0.588. The van der Waals surface area contributed by atoms with Crippen LogP contribution in [0.1, 0.15) is 29.6 Å². The van der Waals surface area contributed by atoms with Gasteiger partial charge in [0.25, 0.3) is 5.91 Å². The van der Waals surface area contributed by atoms with E-state index < -0.39 is 0 Å². The first kappa shape index (κ1) is 15.2. The number of ether oxygens (including phenoxy) is 2. The van der Waals surface area contributed by atoms with Gasteiger partial charge in [-0.05, 0) is 44.5 Å². The zero-order chi connectivity index (χ0) is 15.7. The molecule has 0 N–H and O–H groups in total. The van der Waals surface area contributed by atoms with Gasteiger partial charge >= 0.3 is 0 Å². The van der Waals surface area contributed by atoms with Gasteiger partial charge in [-0.25, -0.2) is 0 Å². The van der Waals surface area contributed by atoms with Crippen molar-refractivity contribution < 1.29 is 14.3 Å². The molecule has 0 saturated carbocycles. The molecule has 2 heterocycles. The highest BCUT2D eigenvalue weighted by atomic mass is 16.5. The molecule has 1 aromatic carbocycles. The van der Waals surface area contributed by atoms with Crippen molar-refractivity contribution in [2.24, 2.45) is 0 Å². The van der Waals surface area contributed by atoms with E-state index in [1.165, 1.54) is 12.8 Å². The number of methoxy groups -OCH3 is 2. The summed E-state index contributed by atoms with van der Waals surface area (Å²) in [6.07, 6.45) is 3.42. The van der Waals surface area contributed by atoms with Gasteiger partial charge in [0.2, 0.25) is 0 Å². The number of carbonyl (C=O) groups excluding carboxylic acids is 1. The van der Waals surface area contributed by atoms with E-state index in [0.29, 0.717) is 17.1 Å². The Morgan fingerprint density at radius 1 is 1.18 bits per heavy atom. The average molecular weight is 304 g/mol. The first-order valence-electron chi connectivity index (χ1n) is 7.82. The average Bonchev–Trinajstić information content (AvgIpc) is 2.59. The Hall–Kier alpha value is -1.75. The van der Waals surface area contributed by atoms with Crippen molar-refractivity contribution in [2.75, 3.05) is 40.9 Å². The lowest BCUT2D eigenvalue weighted by Gasteiger charge is -2.55. The van der Waals surface area contributed by atoms with Crippen LogP contribution in [0.5, 0.6) is 11.5 Å². The standard InChI is InChI=1S/C17H24N2O3/c1-18-10-8-17(18)7-4-9-19(12-17)16(20)14-11-13(21-2)5-6-15(14)22-3/h5-6,11H,4,7-10,12H2,1-3H3/t17-/m0/s1. The van der Waals surface area contributed by atoms with Crippen LogP contribution in [-0.2, 0) is 0 Å². The van der Waals surface area contributed by atoms with E-state index in [9.17, 15) is 4.79 Å². The number of likely N-dealkylation sites (N-methyl/N-ethyl adjacent to an activating group) is 1. The summed E-state index contributed by atoms with van der Waals surface area (Å²) >= 11 is 0. The molecule has 1 amide bonds. The molecule has 1 aromatic rings. The minimum absolute atomic E-state index is 0.0372. The summed E-state index contributed by atoms with van der Waals surface area (Å²) < 4.78 is 10.6. The second-order valence-corrected chi connectivity index (χ2v) is 6.29. The molecule has 120 valence electrons. The molecule has 1 atom stereocenters. The van der Waals surface area contributed by atoms with Crippen LogP contribution in [-0.4, -0.2) is 62.1 Å². The SMILES string of the molecule is COc1ccc(OC)c(C(=O)N2CCC[C@]3(CCN3C)C2)c1. The Kier molecular flexibility index (Phi) is 4.00. The van der Waals surface area contributed by atoms with Gasteiger partial charge in [-0.15, -0.1) is 0 Å². The Morgan fingerprint density at radius 3 is 2.59 bits per heavy atom. The molecular weight excluding hydrogens is 280 g/mol. The van der Waals surface area contributed by atoms with Crippen LogP contribution in [0.2, 0.25) is 0 Å². The highest BCUT2D eigenvalue weighted by molar-refractivity contribution is 5.97. The molecule has 5 nitrogen and oxygen atoms in total. The third-order valence-electron chi connectivity index (χ3n) is 5.20. The van der Waals surface area contributed by atoms with E-state index in [2.05, 4.69) is 11.9 Å². The quantitative estimate of drug-likeness (QED) is 0.857. The lowest BCUT2D eigenvalue weighted by molar-refractivity contribution is -0.0409.